The van der Waals surface area contributed by atoms with Gasteiger partial charge >= 0.3 is 5.76 Å². The van der Waals surface area contributed by atoms with E-state index in [1.807, 2.05) is 19.2 Å². The Kier molecular flexibility index (Phi) is 3.23. The molecule has 0 aliphatic carbocycles. The van der Waals surface area contributed by atoms with Gasteiger partial charge in [-0.2, -0.15) is 5.10 Å². The second-order valence-electron chi connectivity index (χ2n) is 4.50. The molecular weight excluding hydrogens is 324 g/mol. The Morgan fingerprint density at radius 2 is 2.30 bits per heavy atom. The van der Waals surface area contributed by atoms with Crippen LogP contribution in [0.15, 0.2) is 31.9 Å². The molecule has 0 amide bonds. The van der Waals surface area contributed by atoms with Crippen LogP contribution in [0.2, 0.25) is 0 Å². The van der Waals surface area contributed by atoms with E-state index in [-0.39, 0.29) is 0 Å². The fourth-order valence-corrected chi connectivity index (χ4v) is 3.03. The monoisotopic (exact) mass is 336 g/mol. The fourth-order valence-electron chi connectivity index (χ4n) is 2.26. The summed E-state index contributed by atoms with van der Waals surface area (Å²) in [5.41, 5.74) is 9.60. The lowest BCUT2D eigenvalue weighted by molar-refractivity contribution is 0.555. The first kappa shape index (κ1) is 13.1. The molecule has 0 aliphatic rings. The van der Waals surface area contributed by atoms with Crippen LogP contribution in [-0.2, 0) is 13.5 Å². The maximum Gasteiger partial charge on any atom is 0.417 e. The molecule has 0 fully saturated rings. The molecule has 0 radical (unpaired) electrons. The van der Waals surface area contributed by atoms with Gasteiger partial charge in [-0.25, -0.2) is 4.79 Å². The number of nitrogens with two attached hydrogens (primary N) is 1. The van der Waals surface area contributed by atoms with Crippen LogP contribution < -0.4 is 11.5 Å². The fraction of sp³-hybridized carbons (Fsp3) is 0.231. The van der Waals surface area contributed by atoms with Gasteiger partial charge in [-0.15, -0.1) is 0 Å². The number of hydrogen-bond acceptors (Lipinski definition) is 4. The van der Waals surface area contributed by atoms with Gasteiger partial charge in [0.25, 0.3) is 0 Å². The van der Waals surface area contributed by atoms with Gasteiger partial charge in [-0.1, -0.05) is 0 Å². The zero-order valence-electron chi connectivity index (χ0n) is 10.8. The predicted octanol–water partition coefficient (Wildman–Crippen LogP) is 1.79. The topological polar surface area (TPSA) is 89.8 Å². The molecule has 3 rings (SSSR count). The summed E-state index contributed by atoms with van der Waals surface area (Å²) in [5, 5.41) is 4.46. The third-order valence-corrected chi connectivity index (χ3v) is 3.96. The number of aromatic nitrogens is 3. The minimum absolute atomic E-state index is 0.454. The molecule has 7 heteroatoms. The number of H-pyrrole nitrogens is 1. The highest BCUT2D eigenvalue weighted by atomic mass is 79.9. The molecule has 104 valence electrons. The van der Waals surface area contributed by atoms with Crippen molar-refractivity contribution in [3.8, 4) is 11.3 Å². The largest absolute Gasteiger partial charge is 0.417 e. The summed E-state index contributed by atoms with van der Waals surface area (Å²) < 4.78 is 7.73. The van der Waals surface area contributed by atoms with Crippen LogP contribution in [0.25, 0.3) is 22.4 Å². The van der Waals surface area contributed by atoms with Crippen LogP contribution in [0.4, 0.5) is 0 Å². The SMILES string of the molecule is Cn1nc(CCN)c(Br)c1-c1ccc2oc(=O)[nH]c2c1. The number of oxazole rings is 1. The van der Waals surface area contributed by atoms with E-state index in [1.54, 1.807) is 10.7 Å². The smallest absolute Gasteiger partial charge is 0.408 e. The minimum Gasteiger partial charge on any atom is -0.408 e. The molecule has 3 aromatic rings. The van der Waals surface area contributed by atoms with Crippen LogP contribution >= 0.6 is 15.9 Å². The summed E-state index contributed by atoms with van der Waals surface area (Å²) in [6.07, 6.45) is 0.708. The van der Waals surface area contributed by atoms with E-state index in [0.29, 0.717) is 24.1 Å². The van der Waals surface area contributed by atoms with E-state index in [1.165, 1.54) is 0 Å². The number of nitrogens with one attached hydrogen (secondary N) is 1. The van der Waals surface area contributed by atoms with Crippen LogP contribution in [0.3, 0.4) is 0 Å². The second-order valence-corrected chi connectivity index (χ2v) is 5.29. The van der Waals surface area contributed by atoms with Gasteiger partial charge in [0.15, 0.2) is 5.58 Å². The van der Waals surface area contributed by atoms with E-state index >= 15 is 0 Å². The van der Waals surface area contributed by atoms with Crippen LogP contribution in [0.5, 0.6) is 0 Å². The summed E-state index contributed by atoms with van der Waals surface area (Å²) >= 11 is 3.57. The normalized spacial score (nSPS) is 11.3. The van der Waals surface area contributed by atoms with Crippen molar-refractivity contribution in [2.45, 2.75) is 6.42 Å². The molecular formula is C13H13BrN4O2. The lowest BCUT2D eigenvalue weighted by Crippen LogP contribution is -2.04. The highest BCUT2D eigenvalue weighted by Gasteiger charge is 2.16. The first-order chi connectivity index (χ1) is 9.60. The Morgan fingerprint density at radius 1 is 1.50 bits per heavy atom. The standard InChI is InChI=1S/C13H13BrN4O2/c1-18-12(11(14)8(17-18)4-5-15)7-2-3-10-9(6-7)16-13(19)20-10/h2-3,6H,4-5,15H2,1H3,(H,16,19). The molecule has 0 spiro atoms. The van der Waals surface area contributed by atoms with Crippen molar-refractivity contribution in [2.75, 3.05) is 6.54 Å². The lowest BCUT2D eigenvalue weighted by Gasteiger charge is -2.02. The summed E-state index contributed by atoms with van der Waals surface area (Å²) in [6.45, 7) is 0.545. The maximum absolute atomic E-state index is 11.2. The van der Waals surface area contributed by atoms with Crippen molar-refractivity contribution in [1.82, 2.24) is 14.8 Å². The van der Waals surface area contributed by atoms with Gasteiger partial charge in [0.05, 0.1) is 21.4 Å². The Hall–Kier alpha value is -1.86. The Labute approximate surface area is 122 Å². The summed E-state index contributed by atoms with van der Waals surface area (Å²) in [7, 11) is 1.88. The van der Waals surface area contributed by atoms with Crippen LogP contribution in [0, 0.1) is 0 Å². The number of rotatable bonds is 3. The van der Waals surface area contributed by atoms with Gasteiger partial charge in [-0.05, 0) is 40.7 Å². The van der Waals surface area contributed by atoms with E-state index in [2.05, 4.69) is 26.0 Å². The Bertz CT molecular complexity index is 831. The predicted molar refractivity (Wildman–Crippen MR) is 79.5 cm³/mol. The molecule has 0 atom stereocenters. The number of nitrogens with zero attached hydrogens (tertiary/aromatic N) is 2. The third-order valence-electron chi connectivity index (χ3n) is 3.13. The van der Waals surface area contributed by atoms with Crippen molar-refractivity contribution in [3.05, 3.63) is 38.9 Å². The van der Waals surface area contributed by atoms with E-state index in [9.17, 15) is 4.79 Å². The Balaban J connectivity index is 2.17. The van der Waals surface area contributed by atoms with Crippen molar-refractivity contribution in [3.63, 3.8) is 0 Å². The molecule has 0 aliphatic heterocycles. The number of aromatic amines is 1. The van der Waals surface area contributed by atoms with Crippen molar-refractivity contribution in [2.24, 2.45) is 12.8 Å². The number of hydrogen-bond donors (Lipinski definition) is 2. The second kappa shape index (κ2) is 4.92. The number of benzene rings is 1. The van der Waals surface area contributed by atoms with E-state index in [0.717, 1.165) is 21.4 Å². The van der Waals surface area contributed by atoms with Gasteiger partial charge in [0, 0.05) is 19.0 Å². The number of halogens is 1. The molecule has 6 nitrogen and oxygen atoms in total. The quantitative estimate of drug-likeness (QED) is 0.762. The molecule has 0 bridgehead atoms. The molecule has 2 heterocycles. The van der Waals surface area contributed by atoms with E-state index in [4.69, 9.17) is 10.2 Å². The van der Waals surface area contributed by atoms with Crippen molar-refractivity contribution >= 4 is 27.0 Å². The zero-order valence-corrected chi connectivity index (χ0v) is 12.4. The number of aryl methyl sites for hydroxylation is 1. The average Bonchev–Trinajstić information content (AvgIpc) is 2.89. The first-order valence-electron chi connectivity index (χ1n) is 6.15. The molecule has 0 saturated carbocycles. The van der Waals surface area contributed by atoms with Gasteiger partial charge in [-0.3, -0.25) is 9.67 Å². The van der Waals surface area contributed by atoms with Gasteiger partial charge < -0.3 is 10.2 Å². The molecule has 0 unspecified atom stereocenters. The van der Waals surface area contributed by atoms with Crippen LogP contribution in [0.1, 0.15) is 5.69 Å². The highest BCUT2D eigenvalue weighted by molar-refractivity contribution is 9.10. The minimum atomic E-state index is -0.454. The van der Waals surface area contributed by atoms with Crippen molar-refractivity contribution in [1.29, 1.82) is 0 Å². The van der Waals surface area contributed by atoms with E-state index < -0.39 is 5.76 Å². The van der Waals surface area contributed by atoms with Gasteiger partial charge in [0.1, 0.15) is 0 Å². The highest BCUT2D eigenvalue weighted by Crippen LogP contribution is 2.32. The molecule has 1 aromatic carbocycles. The third kappa shape index (κ3) is 2.08. The maximum atomic E-state index is 11.2. The molecule has 20 heavy (non-hydrogen) atoms. The summed E-state index contributed by atoms with van der Waals surface area (Å²) in [6, 6.07) is 5.53. The summed E-state index contributed by atoms with van der Waals surface area (Å²) in [5.74, 6) is -0.454. The Morgan fingerprint density at radius 3 is 3.05 bits per heavy atom. The molecule has 0 saturated heterocycles. The first-order valence-corrected chi connectivity index (χ1v) is 6.94. The summed E-state index contributed by atoms with van der Waals surface area (Å²) in [4.78, 5) is 13.8. The van der Waals surface area contributed by atoms with Gasteiger partial charge in [0.2, 0.25) is 0 Å². The van der Waals surface area contributed by atoms with Crippen LogP contribution in [-0.4, -0.2) is 21.3 Å². The van der Waals surface area contributed by atoms with Crippen molar-refractivity contribution < 1.29 is 4.42 Å². The lowest BCUT2D eigenvalue weighted by atomic mass is 10.1. The average molecular weight is 337 g/mol. The molecule has 3 N–H and O–H groups in total. The number of fused-ring (bicyclic) bond motifs is 1. The molecule has 2 aromatic heterocycles. The zero-order chi connectivity index (χ0) is 14.3.